The van der Waals surface area contributed by atoms with Crippen LogP contribution in [0, 0.1) is 5.92 Å². The van der Waals surface area contributed by atoms with Crippen LogP contribution in [0.1, 0.15) is 50.4 Å². The first-order valence-corrected chi connectivity index (χ1v) is 11.1. The van der Waals surface area contributed by atoms with Crippen molar-refractivity contribution in [2.75, 3.05) is 19.6 Å². The van der Waals surface area contributed by atoms with Gasteiger partial charge in [-0.15, -0.1) is 0 Å². The number of piperidine rings is 1. The summed E-state index contributed by atoms with van der Waals surface area (Å²) in [7, 11) is 0. The van der Waals surface area contributed by atoms with E-state index in [0.29, 0.717) is 19.6 Å². The van der Waals surface area contributed by atoms with Gasteiger partial charge in [-0.3, -0.25) is 14.4 Å². The van der Waals surface area contributed by atoms with Crippen molar-refractivity contribution in [1.29, 1.82) is 0 Å². The predicted octanol–water partition coefficient (Wildman–Crippen LogP) is 3.21. The minimum Gasteiger partial charge on any atom is -0.353 e. The van der Waals surface area contributed by atoms with Crippen molar-refractivity contribution < 1.29 is 14.4 Å². The molecule has 2 saturated heterocycles. The van der Waals surface area contributed by atoms with Gasteiger partial charge in [-0.2, -0.15) is 0 Å². The number of hydrogen-bond acceptors (Lipinski definition) is 3. The standard InChI is InChI=1S/C25H31N3O3/c1-25(2,3)28-16-18(15-22(28)29)23(30)26-19-11-13-27(14-12-19)24(31)21-10-6-8-17-7-4-5-9-20(17)21/h4-10,18-19H,11-16H2,1-3H3,(H,26,30). The summed E-state index contributed by atoms with van der Waals surface area (Å²) in [5.41, 5.74) is 0.465. The van der Waals surface area contributed by atoms with Crippen LogP contribution in [0.3, 0.4) is 0 Å². The number of hydrogen-bond donors (Lipinski definition) is 1. The van der Waals surface area contributed by atoms with E-state index in [4.69, 9.17) is 0 Å². The van der Waals surface area contributed by atoms with E-state index in [0.717, 1.165) is 29.2 Å². The first-order valence-electron chi connectivity index (χ1n) is 11.1. The van der Waals surface area contributed by atoms with Crippen molar-refractivity contribution in [1.82, 2.24) is 15.1 Å². The van der Waals surface area contributed by atoms with E-state index < -0.39 is 0 Å². The molecule has 1 N–H and O–H groups in total. The molecule has 3 amide bonds. The van der Waals surface area contributed by atoms with E-state index in [-0.39, 0.29) is 41.6 Å². The third-order valence-electron chi connectivity index (χ3n) is 6.45. The lowest BCUT2D eigenvalue weighted by Crippen LogP contribution is -2.48. The van der Waals surface area contributed by atoms with E-state index in [1.807, 2.05) is 68.1 Å². The molecule has 164 valence electrons. The highest BCUT2D eigenvalue weighted by molar-refractivity contribution is 6.07. The summed E-state index contributed by atoms with van der Waals surface area (Å²) in [5, 5.41) is 5.16. The molecule has 0 aliphatic carbocycles. The SMILES string of the molecule is CC(C)(C)N1CC(C(=O)NC2CCN(C(=O)c3cccc4ccccc34)CC2)CC1=O. The lowest BCUT2D eigenvalue weighted by atomic mass is 10.00. The molecule has 0 radical (unpaired) electrons. The van der Waals surface area contributed by atoms with Crippen LogP contribution in [0.2, 0.25) is 0 Å². The number of rotatable bonds is 3. The quantitative estimate of drug-likeness (QED) is 0.827. The number of nitrogens with zero attached hydrogens (tertiary/aromatic N) is 2. The Labute approximate surface area is 183 Å². The molecule has 2 aromatic rings. The van der Waals surface area contributed by atoms with Gasteiger partial charge in [-0.25, -0.2) is 0 Å². The Kier molecular flexibility index (Phi) is 5.73. The van der Waals surface area contributed by atoms with Crippen molar-refractivity contribution in [3.8, 4) is 0 Å². The fourth-order valence-corrected chi connectivity index (χ4v) is 4.66. The molecule has 1 unspecified atom stereocenters. The third-order valence-corrected chi connectivity index (χ3v) is 6.45. The second-order valence-electron chi connectivity index (χ2n) is 9.68. The molecule has 1 atom stereocenters. The monoisotopic (exact) mass is 421 g/mol. The van der Waals surface area contributed by atoms with Crippen LogP contribution in [0.15, 0.2) is 42.5 Å². The summed E-state index contributed by atoms with van der Waals surface area (Å²) < 4.78 is 0. The molecule has 31 heavy (non-hydrogen) atoms. The highest BCUT2D eigenvalue weighted by Gasteiger charge is 2.40. The van der Waals surface area contributed by atoms with Gasteiger partial charge < -0.3 is 15.1 Å². The van der Waals surface area contributed by atoms with Crippen LogP contribution in [-0.4, -0.2) is 58.7 Å². The van der Waals surface area contributed by atoms with Crippen LogP contribution in [0.5, 0.6) is 0 Å². The molecular weight excluding hydrogens is 390 g/mol. The molecule has 2 fully saturated rings. The Hall–Kier alpha value is -2.89. The molecule has 0 aromatic heterocycles. The Bertz CT molecular complexity index is 997. The predicted molar refractivity (Wildman–Crippen MR) is 121 cm³/mol. The van der Waals surface area contributed by atoms with Crippen molar-refractivity contribution in [2.45, 2.75) is 51.6 Å². The molecule has 6 nitrogen and oxygen atoms in total. The number of fused-ring (bicyclic) bond motifs is 1. The molecule has 2 aliphatic heterocycles. The number of carbonyl (C=O) groups is 3. The average molecular weight is 422 g/mol. The van der Waals surface area contributed by atoms with Crippen molar-refractivity contribution in [2.24, 2.45) is 5.92 Å². The molecule has 6 heteroatoms. The summed E-state index contributed by atoms with van der Waals surface area (Å²) in [6.45, 7) is 7.69. The molecule has 0 saturated carbocycles. The van der Waals surface area contributed by atoms with E-state index >= 15 is 0 Å². The minimum absolute atomic E-state index is 0.0427. The second-order valence-corrected chi connectivity index (χ2v) is 9.68. The lowest BCUT2D eigenvalue weighted by Gasteiger charge is -2.33. The Morgan fingerprint density at radius 1 is 1.00 bits per heavy atom. The van der Waals surface area contributed by atoms with E-state index in [1.165, 1.54) is 0 Å². The van der Waals surface area contributed by atoms with Gasteiger partial charge in [0.1, 0.15) is 0 Å². The average Bonchev–Trinajstić information content (AvgIpc) is 3.16. The van der Waals surface area contributed by atoms with Gasteiger partial charge in [0.15, 0.2) is 0 Å². The number of carbonyl (C=O) groups excluding carboxylic acids is 3. The smallest absolute Gasteiger partial charge is 0.254 e. The molecule has 2 aromatic carbocycles. The van der Waals surface area contributed by atoms with Gasteiger partial charge in [-0.1, -0.05) is 36.4 Å². The molecule has 0 spiro atoms. The first kappa shape index (κ1) is 21.3. The maximum atomic E-state index is 13.1. The molecule has 2 aliphatic rings. The van der Waals surface area contributed by atoms with Gasteiger partial charge in [0.2, 0.25) is 11.8 Å². The Morgan fingerprint density at radius 2 is 1.68 bits per heavy atom. The zero-order valence-electron chi connectivity index (χ0n) is 18.6. The fourth-order valence-electron chi connectivity index (χ4n) is 4.66. The number of likely N-dealkylation sites (tertiary alicyclic amines) is 2. The lowest BCUT2D eigenvalue weighted by molar-refractivity contribution is -0.132. The third kappa shape index (κ3) is 4.43. The maximum absolute atomic E-state index is 13.1. The van der Waals surface area contributed by atoms with Crippen molar-refractivity contribution in [3.63, 3.8) is 0 Å². The summed E-state index contributed by atoms with van der Waals surface area (Å²) >= 11 is 0. The molecule has 4 rings (SSSR count). The van der Waals surface area contributed by atoms with E-state index in [2.05, 4.69) is 5.32 Å². The maximum Gasteiger partial charge on any atom is 0.254 e. The highest BCUT2D eigenvalue weighted by Crippen LogP contribution is 2.27. The van der Waals surface area contributed by atoms with Gasteiger partial charge in [0, 0.05) is 43.2 Å². The normalized spacial score (nSPS) is 20.4. The van der Waals surface area contributed by atoms with Crippen LogP contribution in [-0.2, 0) is 9.59 Å². The molecular formula is C25H31N3O3. The second kappa shape index (κ2) is 8.33. The van der Waals surface area contributed by atoms with Gasteiger partial charge in [0.25, 0.3) is 5.91 Å². The van der Waals surface area contributed by atoms with E-state index in [1.54, 1.807) is 4.90 Å². The van der Waals surface area contributed by atoms with Crippen LogP contribution >= 0.6 is 0 Å². The number of nitrogens with one attached hydrogen (secondary N) is 1. The zero-order valence-corrected chi connectivity index (χ0v) is 18.6. The number of amides is 3. The first-order chi connectivity index (χ1) is 14.7. The summed E-state index contributed by atoms with van der Waals surface area (Å²) in [6, 6.07) is 13.8. The van der Waals surface area contributed by atoms with Gasteiger partial charge in [0.05, 0.1) is 5.92 Å². The Morgan fingerprint density at radius 3 is 2.35 bits per heavy atom. The summed E-state index contributed by atoms with van der Waals surface area (Å²) in [4.78, 5) is 41.8. The van der Waals surface area contributed by atoms with Crippen molar-refractivity contribution >= 4 is 28.5 Å². The summed E-state index contributed by atoms with van der Waals surface area (Å²) in [5.74, 6) is -0.243. The largest absolute Gasteiger partial charge is 0.353 e. The zero-order chi connectivity index (χ0) is 22.2. The topological polar surface area (TPSA) is 69.7 Å². The highest BCUT2D eigenvalue weighted by atomic mass is 16.2. The van der Waals surface area contributed by atoms with Crippen LogP contribution in [0.25, 0.3) is 10.8 Å². The van der Waals surface area contributed by atoms with Crippen LogP contribution in [0.4, 0.5) is 0 Å². The van der Waals surface area contributed by atoms with Gasteiger partial charge in [-0.05, 0) is 50.5 Å². The van der Waals surface area contributed by atoms with Gasteiger partial charge >= 0.3 is 0 Å². The number of benzene rings is 2. The fraction of sp³-hybridized carbons (Fsp3) is 0.480. The van der Waals surface area contributed by atoms with Crippen molar-refractivity contribution in [3.05, 3.63) is 48.0 Å². The molecule has 2 heterocycles. The Balaban J connectivity index is 1.33. The minimum atomic E-state index is -0.290. The molecule has 0 bridgehead atoms. The summed E-state index contributed by atoms with van der Waals surface area (Å²) in [6.07, 6.45) is 1.74. The van der Waals surface area contributed by atoms with E-state index in [9.17, 15) is 14.4 Å². The van der Waals surface area contributed by atoms with Crippen LogP contribution < -0.4 is 5.32 Å².